The Bertz CT molecular complexity index is 326. The van der Waals surface area contributed by atoms with Crippen LogP contribution in [0.5, 0.6) is 5.75 Å². The molecule has 1 atom stereocenters. The van der Waals surface area contributed by atoms with Gasteiger partial charge in [0.05, 0.1) is 0 Å². The molecule has 0 bridgehead atoms. The van der Waals surface area contributed by atoms with Crippen LogP contribution in [0.1, 0.15) is 71.1 Å². The van der Waals surface area contributed by atoms with E-state index in [2.05, 4.69) is 6.92 Å². The molecule has 21 heavy (non-hydrogen) atoms. The van der Waals surface area contributed by atoms with Crippen molar-refractivity contribution in [3.8, 4) is 5.75 Å². The van der Waals surface area contributed by atoms with E-state index in [4.69, 9.17) is 0 Å². The molecule has 1 N–H and O–H groups in total. The van der Waals surface area contributed by atoms with Gasteiger partial charge in [0.2, 0.25) is 0 Å². The molecule has 1 aromatic rings. The average molecular weight is 318 g/mol. The first-order chi connectivity index (χ1) is 9.83. The van der Waals surface area contributed by atoms with Crippen LogP contribution in [-0.2, 0) is 0 Å². The molecule has 0 aliphatic heterocycles. The van der Waals surface area contributed by atoms with E-state index in [1.54, 1.807) is 12.1 Å². The summed E-state index contributed by atoms with van der Waals surface area (Å²) in [6.45, 7) is 2.28. The van der Waals surface area contributed by atoms with Gasteiger partial charge in [-0.2, -0.15) is 0 Å². The zero-order valence-electron chi connectivity index (χ0n) is 13.0. The predicted molar refractivity (Wildman–Crippen MR) is 99.9 cm³/mol. The van der Waals surface area contributed by atoms with Crippen LogP contribution in [0.3, 0.4) is 0 Å². The molecule has 0 aliphatic rings. The molecule has 3 heteroatoms. The Balaban J connectivity index is 0.00000400. The molecule has 0 aliphatic carbocycles. The first kappa shape index (κ1) is 21.4. The topological polar surface area (TPSA) is 20.2 Å². The molecular formula is C18H32NaOP. The standard InChI is InChI=1S/C18H31OP.Na.H/c1-2-3-4-5-6-7-8-9-10-11-16-20-18-14-12-17(19)13-15-18;;/h12-15,19-20H,2-11,16H2,1H3;;. The number of hydrogen-bond acceptors (Lipinski definition) is 1. The van der Waals surface area contributed by atoms with Gasteiger partial charge >= 0.3 is 29.6 Å². The van der Waals surface area contributed by atoms with E-state index in [-0.39, 0.29) is 29.6 Å². The summed E-state index contributed by atoms with van der Waals surface area (Å²) in [5.41, 5.74) is 0. The van der Waals surface area contributed by atoms with E-state index >= 15 is 0 Å². The fraction of sp³-hybridized carbons (Fsp3) is 0.667. The molecule has 1 unspecified atom stereocenters. The first-order valence-electron chi connectivity index (χ1n) is 8.36. The monoisotopic (exact) mass is 318 g/mol. The first-order valence-corrected chi connectivity index (χ1v) is 9.56. The van der Waals surface area contributed by atoms with Crippen LogP contribution in [0.2, 0.25) is 0 Å². The molecule has 0 saturated carbocycles. The molecular weight excluding hydrogens is 286 g/mol. The summed E-state index contributed by atoms with van der Waals surface area (Å²) in [5.74, 6) is 0.373. The van der Waals surface area contributed by atoms with E-state index in [9.17, 15) is 5.11 Å². The summed E-state index contributed by atoms with van der Waals surface area (Å²) >= 11 is 0. The van der Waals surface area contributed by atoms with Gasteiger partial charge in [-0.05, 0) is 30.0 Å². The number of hydrogen-bond donors (Lipinski definition) is 1. The molecule has 1 nitrogen and oxygen atoms in total. The summed E-state index contributed by atoms with van der Waals surface area (Å²) < 4.78 is 0. The summed E-state index contributed by atoms with van der Waals surface area (Å²) in [6, 6.07) is 7.68. The molecule has 0 heterocycles. The van der Waals surface area contributed by atoms with Crippen LogP contribution in [0, 0.1) is 0 Å². The van der Waals surface area contributed by atoms with Crippen LogP contribution >= 0.6 is 8.58 Å². The number of benzene rings is 1. The predicted octanol–water partition coefficient (Wildman–Crippen LogP) is 4.97. The van der Waals surface area contributed by atoms with E-state index in [0.29, 0.717) is 5.75 Å². The number of aromatic hydroxyl groups is 1. The second-order valence-electron chi connectivity index (χ2n) is 5.66. The van der Waals surface area contributed by atoms with Crippen molar-refractivity contribution < 1.29 is 5.11 Å². The third-order valence-electron chi connectivity index (χ3n) is 3.73. The number of phenolic OH excluding ortho intramolecular Hbond substituents is 1. The van der Waals surface area contributed by atoms with Crippen molar-refractivity contribution in [1.29, 1.82) is 0 Å². The minimum atomic E-state index is 0. The summed E-state index contributed by atoms with van der Waals surface area (Å²) in [6.07, 6.45) is 15.4. The van der Waals surface area contributed by atoms with Crippen molar-refractivity contribution in [3.63, 3.8) is 0 Å². The molecule has 1 rings (SSSR count). The number of rotatable bonds is 12. The normalized spacial score (nSPS) is 10.9. The van der Waals surface area contributed by atoms with E-state index in [1.807, 2.05) is 12.1 Å². The van der Waals surface area contributed by atoms with Crippen molar-refractivity contribution in [2.24, 2.45) is 0 Å². The maximum absolute atomic E-state index is 9.22. The van der Waals surface area contributed by atoms with E-state index in [0.717, 1.165) is 8.58 Å². The Morgan fingerprint density at radius 1 is 0.762 bits per heavy atom. The van der Waals surface area contributed by atoms with Gasteiger partial charge in [-0.15, -0.1) is 0 Å². The fourth-order valence-corrected chi connectivity index (χ4v) is 3.54. The molecule has 0 amide bonds. The van der Waals surface area contributed by atoms with Gasteiger partial charge < -0.3 is 5.11 Å². The van der Waals surface area contributed by atoms with Gasteiger partial charge in [-0.25, -0.2) is 0 Å². The van der Waals surface area contributed by atoms with Crippen molar-refractivity contribution in [3.05, 3.63) is 24.3 Å². The summed E-state index contributed by atoms with van der Waals surface area (Å²) in [7, 11) is 0.902. The Labute approximate surface area is 155 Å². The molecule has 0 spiro atoms. The summed E-state index contributed by atoms with van der Waals surface area (Å²) in [5, 5.41) is 10.6. The third-order valence-corrected chi connectivity index (χ3v) is 5.07. The third kappa shape index (κ3) is 12.7. The molecule has 0 saturated heterocycles. The zero-order valence-corrected chi connectivity index (χ0v) is 14.0. The number of phenols is 1. The van der Waals surface area contributed by atoms with Crippen molar-refractivity contribution in [2.45, 2.75) is 71.1 Å². The molecule has 0 aromatic heterocycles. The van der Waals surface area contributed by atoms with E-state index in [1.165, 1.54) is 75.7 Å². The SMILES string of the molecule is CCCCCCCCCCCCPc1ccc(O)cc1.[NaH]. The van der Waals surface area contributed by atoms with Crippen LogP contribution in [0.4, 0.5) is 0 Å². The van der Waals surface area contributed by atoms with Crippen LogP contribution in [-0.4, -0.2) is 40.8 Å². The van der Waals surface area contributed by atoms with Gasteiger partial charge in [0, 0.05) is 0 Å². The number of unbranched alkanes of at least 4 members (excludes halogenated alkanes) is 9. The molecule has 0 fully saturated rings. The minimum absolute atomic E-state index is 0. The molecule has 116 valence electrons. The average Bonchev–Trinajstić information content (AvgIpc) is 2.47. The maximum atomic E-state index is 9.22. The Morgan fingerprint density at radius 3 is 1.76 bits per heavy atom. The molecule has 0 radical (unpaired) electrons. The van der Waals surface area contributed by atoms with Gasteiger partial charge in [0.15, 0.2) is 0 Å². The van der Waals surface area contributed by atoms with Crippen LogP contribution in [0.25, 0.3) is 0 Å². The quantitative estimate of drug-likeness (QED) is 0.328. The Morgan fingerprint density at radius 2 is 1.24 bits per heavy atom. The molecule has 1 aromatic carbocycles. The van der Waals surface area contributed by atoms with E-state index < -0.39 is 0 Å². The van der Waals surface area contributed by atoms with Gasteiger partial charge in [0.1, 0.15) is 5.75 Å². The fourth-order valence-electron chi connectivity index (χ4n) is 2.42. The van der Waals surface area contributed by atoms with Crippen molar-refractivity contribution >= 4 is 43.4 Å². The van der Waals surface area contributed by atoms with Crippen LogP contribution in [0.15, 0.2) is 24.3 Å². The van der Waals surface area contributed by atoms with Crippen molar-refractivity contribution in [1.82, 2.24) is 0 Å². The van der Waals surface area contributed by atoms with Gasteiger partial charge in [-0.1, -0.05) is 85.4 Å². The summed E-state index contributed by atoms with van der Waals surface area (Å²) in [4.78, 5) is 0. The second-order valence-corrected chi connectivity index (χ2v) is 7.09. The van der Waals surface area contributed by atoms with Crippen molar-refractivity contribution in [2.75, 3.05) is 6.16 Å². The second kappa shape index (κ2) is 15.3. The van der Waals surface area contributed by atoms with Gasteiger partial charge in [-0.3, -0.25) is 0 Å². The van der Waals surface area contributed by atoms with Crippen LogP contribution < -0.4 is 5.30 Å². The zero-order chi connectivity index (χ0) is 14.5. The Kier molecular flexibility index (Phi) is 15.7. The van der Waals surface area contributed by atoms with Gasteiger partial charge in [0.25, 0.3) is 0 Å². The Hall–Kier alpha value is 0.450.